The summed E-state index contributed by atoms with van der Waals surface area (Å²) in [6.45, 7) is 0.123. The van der Waals surface area contributed by atoms with Crippen molar-refractivity contribution in [2.24, 2.45) is 5.73 Å². The second-order valence-corrected chi connectivity index (χ2v) is 3.00. The van der Waals surface area contributed by atoms with E-state index in [1.54, 1.807) is 12.1 Å². The molecule has 7 nitrogen and oxygen atoms in total. The Morgan fingerprint density at radius 1 is 1.44 bits per heavy atom. The zero-order valence-corrected chi connectivity index (χ0v) is 8.38. The summed E-state index contributed by atoms with van der Waals surface area (Å²) in [7, 11) is 0. The zero-order chi connectivity index (χ0) is 12.0. The Hall–Kier alpha value is -1.99. The van der Waals surface area contributed by atoms with Crippen LogP contribution in [0.15, 0.2) is 24.3 Å². The summed E-state index contributed by atoms with van der Waals surface area (Å²) in [5.41, 5.74) is 8.19. The average Bonchev–Trinajstić information content (AvgIpc) is 2.25. The predicted molar refractivity (Wildman–Crippen MR) is 55.1 cm³/mol. The van der Waals surface area contributed by atoms with Crippen molar-refractivity contribution in [3.05, 3.63) is 39.9 Å². The molecule has 0 bridgehead atoms. The number of amides is 1. The van der Waals surface area contributed by atoms with Gasteiger partial charge in [0.2, 0.25) is 5.91 Å². The maximum absolute atomic E-state index is 10.4. The lowest BCUT2D eigenvalue weighted by Crippen LogP contribution is -2.24. The van der Waals surface area contributed by atoms with Gasteiger partial charge < -0.3 is 5.73 Å². The molecule has 1 rings (SSSR count). The Balaban J connectivity index is 2.38. The number of hydrogen-bond acceptors (Lipinski definition) is 5. The maximum Gasteiger partial charge on any atom is 0.269 e. The van der Waals surface area contributed by atoms with Gasteiger partial charge in [-0.25, -0.2) is 0 Å². The normalized spacial score (nSPS) is 10.0. The van der Waals surface area contributed by atoms with E-state index in [4.69, 9.17) is 10.6 Å². The maximum atomic E-state index is 10.4. The molecule has 0 heterocycles. The van der Waals surface area contributed by atoms with Crippen LogP contribution < -0.4 is 11.2 Å². The summed E-state index contributed by atoms with van der Waals surface area (Å²) in [6, 6.07) is 5.98. The van der Waals surface area contributed by atoms with Crippen LogP contribution in [0.1, 0.15) is 5.56 Å². The van der Waals surface area contributed by atoms with E-state index in [9.17, 15) is 14.9 Å². The summed E-state index contributed by atoms with van der Waals surface area (Å²) in [6.07, 6.45) is 0. The van der Waals surface area contributed by atoms with Gasteiger partial charge in [0.1, 0.15) is 6.61 Å². The number of hydroxylamine groups is 1. The first-order valence-electron chi connectivity index (χ1n) is 4.46. The molecule has 0 fully saturated rings. The molecule has 1 amide bonds. The third-order valence-corrected chi connectivity index (χ3v) is 1.74. The molecular formula is C9H11N3O4. The van der Waals surface area contributed by atoms with Crippen molar-refractivity contribution in [1.29, 1.82) is 0 Å². The molecule has 0 aliphatic carbocycles. The fraction of sp³-hybridized carbons (Fsp3) is 0.222. The van der Waals surface area contributed by atoms with Crippen LogP contribution >= 0.6 is 0 Å². The number of primary amides is 1. The zero-order valence-electron chi connectivity index (χ0n) is 8.38. The lowest BCUT2D eigenvalue weighted by atomic mass is 10.2. The predicted octanol–water partition coefficient (Wildman–Crippen LogP) is 0.101. The van der Waals surface area contributed by atoms with Crippen LogP contribution in [0.25, 0.3) is 0 Å². The van der Waals surface area contributed by atoms with E-state index in [1.807, 2.05) is 0 Å². The number of nitrogens with zero attached hydrogens (tertiary/aromatic N) is 1. The molecule has 0 aliphatic heterocycles. The van der Waals surface area contributed by atoms with Crippen LogP contribution in [0.4, 0.5) is 5.69 Å². The number of carbonyl (C=O) groups is 1. The molecule has 0 saturated heterocycles. The van der Waals surface area contributed by atoms with E-state index in [0.29, 0.717) is 6.54 Å². The average molecular weight is 225 g/mol. The number of rotatable bonds is 6. The Morgan fingerprint density at radius 2 is 2.06 bits per heavy atom. The van der Waals surface area contributed by atoms with Crippen molar-refractivity contribution < 1.29 is 14.6 Å². The van der Waals surface area contributed by atoms with Crippen molar-refractivity contribution >= 4 is 11.6 Å². The molecule has 86 valence electrons. The van der Waals surface area contributed by atoms with E-state index in [-0.39, 0.29) is 12.3 Å². The highest BCUT2D eigenvalue weighted by Crippen LogP contribution is 2.11. The first-order chi connectivity index (χ1) is 7.59. The second kappa shape index (κ2) is 5.79. The number of nitrogens with two attached hydrogens (primary N) is 1. The van der Waals surface area contributed by atoms with Gasteiger partial charge in [-0.3, -0.25) is 19.7 Å². The molecule has 0 radical (unpaired) electrons. The molecule has 0 aliphatic rings. The van der Waals surface area contributed by atoms with Gasteiger partial charge in [-0.15, -0.1) is 0 Å². The molecule has 0 spiro atoms. The Kier molecular flexibility index (Phi) is 4.37. The van der Waals surface area contributed by atoms with Crippen LogP contribution in [0.3, 0.4) is 0 Å². The number of nitrogens with one attached hydrogen (secondary N) is 1. The molecule has 1 aromatic carbocycles. The molecule has 7 heteroatoms. The van der Waals surface area contributed by atoms with E-state index in [0.717, 1.165) is 5.56 Å². The SMILES string of the molecule is NC(=O)CONCc1ccc([N+](=O)[O-])cc1. The lowest BCUT2D eigenvalue weighted by Gasteiger charge is -2.03. The minimum Gasteiger partial charge on any atom is -0.368 e. The highest BCUT2D eigenvalue weighted by atomic mass is 16.6. The number of non-ortho nitro benzene ring substituents is 1. The Morgan fingerprint density at radius 3 is 2.56 bits per heavy atom. The van der Waals surface area contributed by atoms with Crippen LogP contribution in [-0.2, 0) is 16.2 Å². The number of nitro groups is 1. The van der Waals surface area contributed by atoms with Gasteiger partial charge in [0.05, 0.1) is 4.92 Å². The van der Waals surface area contributed by atoms with Crippen molar-refractivity contribution in [3.8, 4) is 0 Å². The van der Waals surface area contributed by atoms with Crippen LogP contribution in [0.5, 0.6) is 0 Å². The Labute approximate surface area is 91.3 Å². The van der Waals surface area contributed by atoms with Crippen molar-refractivity contribution in [3.63, 3.8) is 0 Å². The highest BCUT2D eigenvalue weighted by Gasteiger charge is 2.03. The monoisotopic (exact) mass is 225 g/mol. The van der Waals surface area contributed by atoms with Gasteiger partial charge >= 0.3 is 0 Å². The van der Waals surface area contributed by atoms with Crippen molar-refractivity contribution in [1.82, 2.24) is 5.48 Å². The van der Waals surface area contributed by atoms with Crippen LogP contribution in [0, 0.1) is 10.1 Å². The molecule has 0 saturated carbocycles. The summed E-state index contributed by atoms with van der Waals surface area (Å²) >= 11 is 0. The van der Waals surface area contributed by atoms with Crippen LogP contribution in [0.2, 0.25) is 0 Å². The molecule has 16 heavy (non-hydrogen) atoms. The molecule has 1 aromatic rings. The van der Waals surface area contributed by atoms with Crippen LogP contribution in [-0.4, -0.2) is 17.4 Å². The minimum absolute atomic E-state index is 0.0294. The molecule has 0 unspecified atom stereocenters. The number of nitro benzene ring substituents is 1. The van der Waals surface area contributed by atoms with E-state index < -0.39 is 10.8 Å². The van der Waals surface area contributed by atoms with Gasteiger partial charge in [-0.1, -0.05) is 12.1 Å². The Bertz CT molecular complexity index is 377. The second-order valence-electron chi connectivity index (χ2n) is 3.00. The van der Waals surface area contributed by atoms with Gasteiger partial charge in [-0.05, 0) is 5.56 Å². The van der Waals surface area contributed by atoms with E-state index in [2.05, 4.69) is 5.48 Å². The van der Waals surface area contributed by atoms with Crippen molar-refractivity contribution in [2.75, 3.05) is 6.61 Å². The first kappa shape index (κ1) is 12.1. The first-order valence-corrected chi connectivity index (χ1v) is 4.46. The fourth-order valence-electron chi connectivity index (χ4n) is 0.992. The summed E-state index contributed by atoms with van der Waals surface area (Å²) in [5, 5.41) is 10.4. The van der Waals surface area contributed by atoms with Gasteiger partial charge in [0.15, 0.2) is 0 Å². The van der Waals surface area contributed by atoms with Gasteiger partial charge in [-0.2, -0.15) is 5.48 Å². The topological polar surface area (TPSA) is 107 Å². The molecule has 3 N–H and O–H groups in total. The third-order valence-electron chi connectivity index (χ3n) is 1.74. The quantitative estimate of drug-likeness (QED) is 0.405. The number of carbonyl (C=O) groups excluding carboxylic acids is 1. The molecule has 0 atom stereocenters. The smallest absolute Gasteiger partial charge is 0.269 e. The number of hydrogen-bond donors (Lipinski definition) is 2. The van der Waals surface area contributed by atoms with E-state index >= 15 is 0 Å². The third kappa shape index (κ3) is 4.03. The standard InChI is InChI=1S/C9H11N3O4/c10-9(13)6-16-11-5-7-1-3-8(4-2-7)12(14)15/h1-4,11H,5-6H2,(H2,10,13). The van der Waals surface area contributed by atoms with E-state index in [1.165, 1.54) is 12.1 Å². The minimum atomic E-state index is -0.573. The summed E-state index contributed by atoms with van der Waals surface area (Å²) < 4.78 is 0. The summed E-state index contributed by atoms with van der Waals surface area (Å²) in [5.74, 6) is -0.573. The lowest BCUT2D eigenvalue weighted by molar-refractivity contribution is -0.384. The van der Waals surface area contributed by atoms with Gasteiger partial charge in [0, 0.05) is 18.7 Å². The molecular weight excluding hydrogens is 214 g/mol. The van der Waals surface area contributed by atoms with Gasteiger partial charge in [0.25, 0.3) is 5.69 Å². The fourth-order valence-corrected chi connectivity index (χ4v) is 0.992. The molecule has 0 aromatic heterocycles. The largest absolute Gasteiger partial charge is 0.368 e. The summed E-state index contributed by atoms with van der Waals surface area (Å²) in [4.78, 5) is 24.9. The number of benzene rings is 1. The van der Waals surface area contributed by atoms with Crippen molar-refractivity contribution in [2.45, 2.75) is 6.54 Å². The highest BCUT2D eigenvalue weighted by molar-refractivity contribution is 5.74.